The van der Waals surface area contributed by atoms with Crippen molar-refractivity contribution in [1.82, 2.24) is 19.7 Å². The second-order valence-corrected chi connectivity index (χ2v) is 9.68. The summed E-state index contributed by atoms with van der Waals surface area (Å²) in [5.41, 5.74) is 0.656. The number of likely N-dealkylation sites (N-methyl/N-ethyl adjacent to an activating group) is 1. The largest absolute Gasteiger partial charge is 0.348 e. The number of benzene rings is 1. The Bertz CT molecular complexity index is 1130. The van der Waals surface area contributed by atoms with Crippen molar-refractivity contribution in [2.45, 2.75) is 12.8 Å². The van der Waals surface area contributed by atoms with Crippen LogP contribution in [0.25, 0.3) is 0 Å². The van der Waals surface area contributed by atoms with Crippen LogP contribution < -0.4 is 5.32 Å². The zero-order valence-electron chi connectivity index (χ0n) is 19.0. The predicted octanol–water partition coefficient (Wildman–Crippen LogP) is 1.51. The highest BCUT2D eigenvalue weighted by Crippen LogP contribution is 2.33. The van der Waals surface area contributed by atoms with Crippen LogP contribution in [0.5, 0.6) is 0 Å². The number of Topliss-reactive ketones (excluding diaryl/α,β-unsaturated/α-hetero) is 1. The van der Waals surface area contributed by atoms with Crippen LogP contribution in [-0.4, -0.2) is 90.0 Å². The number of hydrogen-bond acceptors (Lipinski definition) is 7. The van der Waals surface area contributed by atoms with Gasteiger partial charge in [0.2, 0.25) is 11.8 Å². The second-order valence-electron chi connectivity index (χ2n) is 8.68. The summed E-state index contributed by atoms with van der Waals surface area (Å²) in [6.07, 6.45) is 0.427. The van der Waals surface area contributed by atoms with E-state index >= 15 is 0 Å². The van der Waals surface area contributed by atoms with E-state index < -0.39 is 17.6 Å². The van der Waals surface area contributed by atoms with Gasteiger partial charge in [-0.3, -0.25) is 29.4 Å². The number of thiazole rings is 1. The van der Waals surface area contributed by atoms with Crippen molar-refractivity contribution in [3.63, 3.8) is 0 Å². The molecule has 1 unspecified atom stereocenters. The number of anilines is 1. The van der Waals surface area contributed by atoms with Gasteiger partial charge < -0.3 is 9.80 Å². The lowest BCUT2D eigenvalue weighted by Crippen LogP contribution is -2.52. The van der Waals surface area contributed by atoms with Gasteiger partial charge in [-0.2, -0.15) is 0 Å². The predicted molar refractivity (Wildman–Crippen MR) is 124 cm³/mol. The quantitative estimate of drug-likeness (QED) is 0.686. The lowest BCUT2D eigenvalue weighted by Gasteiger charge is -2.36. The number of rotatable bonds is 5. The van der Waals surface area contributed by atoms with Crippen molar-refractivity contribution >= 4 is 40.0 Å². The summed E-state index contributed by atoms with van der Waals surface area (Å²) in [7, 11) is 3.43. The zero-order chi connectivity index (χ0) is 24.4. The van der Waals surface area contributed by atoms with Crippen molar-refractivity contribution in [2.75, 3.05) is 52.1 Å². The number of nitrogens with one attached hydrogen (secondary N) is 1. The Labute approximate surface area is 200 Å². The highest BCUT2D eigenvalue weighted by atomic mass is 32.1. The zero-order valence-corrected chi connectivity index (χ0v) is 19.9. The number of hydrogen-bond donors (Lipinski definition) is 1. The maximum atomic E-state index is 13.4. The SMILES string of the molecule is CN(C)C(=O)CN1CCN(C(=O)C2CC(=O)c3sc(NC(=O)c4cccc(F)c4)nc3C2)CC1. The molecule has 9 nitrogen and oxygen atoms in total. The molecule has 3 amide bonds. The summed E-state index contributed by atoms with van der Waals surface area (Å²) in [5, 5.41) is 2.87. The molecular formula is C23H26FN5O4S. The molecule has 1 aromatic carbocycles. The van der Waals surface area contributed by atoms with Crippen LogP contribution in [0.1, 0.15) is 32.1 Å². The molecule has 2 heterocycles. The first-order chi connectivity index (χ1) is 16.2. The van der Waals surface area contributed by atoms with Crippen LogP contribution in [0.15, 0.2) is 24.3 Å². The van der Waals surface area contributed by atoms with Gasteiger partial charge in [-0.1, -0.05) is 17.4 Å². The van der Waals surface area contributed by atoms with Crippen LogP contribution >= 0.6 is 11.3 Å². The summed E-state index contributed by atoms with van der Waals surface area (Å²) < 4.78 is 13.4. The first-order valence-electron chi connectivity index (χ1n) is 11.0. The van der Waals surface area contributed by atoms with Crippen LogP contribution in [0.3, 0.4) is 0 Å². The standard InChI is InChI=1S/C23H26FN5O4S/c1-27(2)19(31)13-28-6-8-29(9-7-28)22(33)15-11-17-20(18(30)12-15)34-23(25-17)26-21(32)14-4-3-5-16(24)10-14/h3-5,10,15H,6-9,11-13H2,1-2H3,(H,25,26,32). The van der Waals surface area contributed by atoms with Crippen molar-refractivity contribution in [1.29, 1.82) is 0 Å². The number of halogens is 1. The highest BCUT2D eigenvalue weighted by Gasteiger charge is 2.36. The maximum absolute atomic E-state index is 13.4. The number of piperazine rings is 1. The van der Waals surface area contributed by atoms with Crippen LogP contribution in [0.4, 0.5) is 9.52 Å². The Hall–Kier alpha value is -3.18. The fourth-order valence-corrected chi connectivity index (χ4v) is 5.01. The Kier molecular flexibility index (Phi) is 7.03. The Morgan fingerprint density at radius 1 is 1.18 bits per heavy atom. The number of amides is 3. The topological polar surface area (TPSA) is 103 Å². The minimum atomic E-state index is -0.521. The fourth-order valence-electron chi connectivity index (χ4n) is 4.07. The Morgan fingerprint density at radius 3 is 2.59 bits per heavy atom. The third-order valence-corrected chi connectivity index (χ3v) is 7.07. The molecule has 1 aromatic heterocycles. The lowest BCUT2D eigenvalue weighted by molar-refractivity contribution is -0.138. The molecule has 34 heavy (non-hydrogen) atoms. The third kappa shape index (κ3) is 5.31. The molecule has 1 N–H and O–H groups in total. The molecule has 1 aliphatic carbocycles. The third-order valence-electron chi connectivity index (χ3n) is 6.02. The number of carbonyl (C=O) groups excluding carboxylic acids is 4. The molecule has 2 aliphatic rings. The van der Waals surface area contributed by atoms with Crippen LogP contribution in [0, 0.1) is 11.7 Å². The molecule has 1 atom stereocenters. The number of nitrogens with zero attached hydrogens (tertiary/aromatic N) is 4. The molecule has 0 bridgehead atoms. The minimum Gasteiger partial charge on any atom is -0.348 e. The smallest absolute Gasteiger partial charge is 0.257 e. The number of ketones is 1. The van der Waals surface area contributed by atoms with Gasteiger partial charge in [0.15, 0.2) is 10.9 Å². The summed E-state index contributed by atoms with van der Waals surface area (Å²) in [4.78, 5) is 60.3. The maximum Gasteiger partial charge on any atom is 0.257 e. The van der Waals surface area contributed by atoms with Gasteiger partial charge in [0.1, 0.15) is 5.82 Å². The first-order valence-corrected chi connectivity index (χ1v) is 11.8. The van der Waals surface area contributed by atoms with Gasteiger partial charge in [-0.05, 0) is 18.2 Å². The molecule has 1 aliphatic heterocycles. The first kappa shape index (κ1) is 24.0. The van der Waals surface area contributed by atoms with E-state index in [1.807, 2.05) is 4.90 Å². The summed E-state index contributed by atoms with van der Waals surface area (Å²) >= 11 is 1.07. The van der Waals surface area contributed by atoms with E-state index in [1.54, 1.807) is 23.9 Å². The lowest BCUT2D eigenvalue weighted by atomic mass is 9.88. The molecule has 4 rings (SSSR count). The van der Waals surface area contributed by atoms with E-state index in [2.05, 4.69) is 10.3 Å². The van der Waals surface area contributed by atoms with E-state index in [9.17, 15) is 23.6 Å². The van der Waals surface area contributed by atoms with Gasteiger partial charge in [-0.15, -0.1) is 0 Å². The normalized spacial score (nSPS) is 18.4. The number of carbonyl (C=O) groups is 4. The van der Waals surface area contributed by atoms with E-state index in [0.717, 1.165) is 17.4 Å². The van der Waals surface area contributed by atoms with E-state index in [0.29, 0.717) is 49.7 Å². The van der Waals surface area contributed by atoms with E-state index in [-0.39, 0.29) is 34.7 Å². The van der Waals surface area contributed by atoms with Crippen molar-refractivity contribution < 1.29 is 23.6 Å². The van der Waals surface area contributed by atoms with E-state index in [4.69, 9.17) is 0 Å². The number of fused-ring (bicyclic) bond motifs is 1. The van der Waals surface area contributed by atoms with Crippen LogP contribution in [0.2, 0.25) is 0 Å². The van der Waals surface area contributed by atoms with Gasteiger partial charge in [0.05, 0.1) is 23.0 Å². The monoisotopic (exact) mass is 487 g/mol. The second kappa shape index (κ2) is 9.98. The molecule has 11 heteroatoms. The molecule has 1 saturated heterocycles. The van der Waals surface area contributed by atoms with Gasteiger partial charge in [0, 0.05) is 58.7 Å². The van der Waals surface area contributed by atoms with E-state index in [1.165, 1.54) is 18.2 Å². The average Bonchev–Trinajstić information content (AvgIpc) is 3.22. The highest BCUT2D eigenvalue weighted by molar-refractivity contribution is 7.17. The van der Waals surface area contributed by atoms with Crippen molar-refractivity contribution in [2.24, 2.45) is 5.92 Å². The fraction of sp³-hybridized carbons (Fsp3) is 0.435. The van der Waals surface area contributed by atoms with Crippen LogP contribution in [-0.2, 0) is 16.0 Å². The molecular weight excluding hydrogens is 461 g/mol. The Balaban J connectivity index is 1.36. The number of aromatic nitrogens is 1. The molecule has 180 valence electrons. The minimum absolute atomic E-state index is 0.0222. The summed E-state index contributed by atoms with van der Waals surface area (Å²) in [6, 6.07) is 5.30. The molecule has 0 saturated carbocycles. The van der Waals surface area contributed by atoms with Crippen molar-refractivity contribution in [3.05, 3.63) is 46.2 Å². The van der Waals surface area contributed by atoms with Gasteiger partial charge in [-0.25, -0.2) is 9.37 Å². The average molecular weight is 488 g/mol. The summed E-state index contributed by atoms with van der Waals surface area (Å²) in [6.45, 7) is 2.53. The molecule has 2 aromatic rings. The van der Waals surface area contributed by atoms with Crippen molar-refractivity contribution in [3.8, 4) is 0 Å². The Morgan fingerprint density at radius 2 is 1.91 bits per heavy atom. The van der Waals surface area contributed by atoms with Gasteiger partial charge >= 0.3 is 0 Å². The molecule has 0 spiro atoms. The molecule has 0 radical (unpaired) electrons. The summed E-state index contributed by atoms with van der Waals surface area (Å²) in [5.74, 6) is -1.77. The molecule has 1 fully saturated rings. The van der Waals surface area contributed by atoms with Gasteiger partial charge in [0.25, 0.3) is 5.91 Å².